The molecular formula is C10H9ClNO+. The summed E-state index contributed by atoms with van der Waals surface area (Å²) in [5.74, 6) is 0. The highest BCUT2D eigenvalue weighted by molar-refractivity contribution is 5.82. The third-order valence-electron chi connectivity index (χ3n) is 1.97. The van der Waals surface area contributed by atoms with Crippen LogP contribution in [0.5, 0.6) is 0 Å². The van der Waals surface area contributed by atoms with Gasteiger partial charge < -0.3 is 5.11 Å². The van der Waals surface area contributed by atoms with Crippen molar-refractivity contribution in [2.75, 3.05) is 0 Å². The molecule has 1 N–H and O–H groups in total. The summed E-state index contributed by atoms with van der Waals surface area (Å²) in [6.07, 6.45) is 1.68. The third kappa shape index (κ3) is 1.50. The van der Waals surface area contributed by atoms with Gasteiger partial charge in [-0.3, -0.25) is 4.98 Å². The largest absolute Gasteiger partial charge is 0.392 e. The van der Waals surface area contributed by atoms with Crippen LogP contribution >= 0.6 is 0 Å². The lowest BCUT2D eigenvalue weighted by Crippen LogP contribution is -1.87. The average molecular weight is 195 g/mol. The number of nitrogens with zero attached hydrogens (tertiary/aromatic N) is 1. The summed E-state index contributed by atoms with van der Waals surface area (Å²) < 4.78 is 0. The van der Waals surface area contributed by atoms with Gasteiger partial charge in [-0.05, 0) is 17.7 Å². The minimum atomic E-state index is 0.0375. The molecule has 0 saturated carbocycles. The molecule has 1 heterocycles. The molecule has 66 valence electrons. The smallest absolute Gasteiger partial charge is 0.227 e. The van der Waals surface area contributed by atoms with Gasteiger partial charge in [0.25, 0.3) is 0 Å². The van der Waals surface area contributed by atoms with Gasteiger partial charge >= 0.3 is 0 Å². The minimum absolute atomic E-state index is 0.0375. The van der Waals surface area contributed by atoms with E-state index in [-0.39, 0.29) is 6.61 Å². The highest BCUT2D eigenvalue weighted by Crippen LogP contribution is 2.18. The molecule has 0 spiro atoms. The van der Waals surface area contributed by atoms with Gasteiger partial charge in [0, 0.05) is 23.7 Å². The highest BCUT2D eigenvalue weighted by Gasteiger charge is 2.03. The van der Waals surface area contributed by atoms with E-state index in [4.69, 9.17) is 16.7 Å². The Morgan fingerprint density at radius 2 is 2.15 bits per heavy atom. The topological polar surface area (TPSA) is 33.1 Å². The summed E-state index contributed by atoms with van der Waals surface area (Å²) in [7, 11) is 0. The molecule has 1 aromatic carbocycles. The van der Waals surface area contributed by atoms with Crippen LogP contribution in [0.2, 0.25) is 5.02 Å². The van der Waals surface area contributed by atoms with Crippen LogP contribution in [-0.2, 0) is 6.61 Å². The Kier molecular flexibility index (Phi) is 2.17. The number of aliphatic hydroxyl groups is 1. The molecule has 0 bridgehead atoms. The predicted octanol–water partition coefficient (Wildman–Crippen LogP) is 1.42. The lowest BCUT2D eigenvalue weighted by Gasteiger charge is -2.00. The van der Waals surface area contributed by atoms with E-state index in [1.165, 1.54) is 0 Å². The van der Waals surface area contributed by atoms with Gasteiger partial charge in [0.2, 0.25) is 5.02 Å². The van der Waals surface area contributed by atoms with Crippen molar-refractivity contribution in [3.05, 3.63) is 41.0 Å². The molecule has 0 amide bonds. The molecule has 0 fully saturated rings. The van der Waals surface area contributed by atoms with Crippen molar-refractivity contribution in [3.63, 3.8) is 0 Å². The predicted molar refractivity (Wildman–Crippen MR) is 48.2 cm³/mol. The maximum Gasteiger partial charge on any atom is 0.227 e. The number of hydrogen-bond donors (Lipinski definition) is 1. The Balaban J connectivity index is 2.77. The fourth-order valence-corrected chi connectivity index (χ4v) is 1.50. The van der Waals surface area contributed by atoms with Gasteiger partial charge in [0.15, 0.2) is 11.6 Å². The molecule has 3 heteroatoms. The monoisotopic (exact) mass is 194 g/mol. The van der Waals surface area contributed by atoms with E-state index >= 15 is 0 Å². The van der Waals surface area contributed by atoms with Crippen molar-refractivity contribution >= 4 is 10.9 Å². The second kappa shape index (κ2) is 3.32. The van der Waals surface area contributed by atoms with Gasteiger partial charge in [-0.15, -0.1) is 0 Å². The summed E-state index contributed by atoms with van der Waals surface area (Å²) >= 11 is 5.02. The van der Waals surface area contributed by atoms with E-state index < -0.39 is 0 Å². The third-order valence-corrected chi connectivity index (χ3v) is 2.23. The van der Waals surface area contributed by atoms with Crippen molar-refractivity contribution in [2.24, 2.45) is 0 Å². The van der Waals surface area contributed by atoms with Gasteiger partial charge in [-0.25, -0.2) is 0 Å². The van der Waals surface area contributed by atoms with Gasteiger partial charge in [-0.1, -0.05) is 0 Å². The summed E-state index contributed by atoms with van der Waals surface area (Å²) in [6.45, 7) is 0.0375. The molecule has 2 aromatic rings. The summed E-state index contributed by atoms with van der Waals surface area (Å²) in [6, 6.07) is 7.39. The van der Waals surface area contributed by atoms with E-state index in [0.717, 1.165) is 21.5 Å². The lowest BCUT2D eigenvalue weighted by molar-refractivity contribution is -0.288. The maximum atomic E-state index is 9.05. The van der Waals surface area contributed by atoms with Crippen LogP contribution < -0.4 is 0 Å². The molecule has 2 nitrogen and oxygen atoms in total. The average Bonchev–Trinajstić information content (AvgIpc) is 2.16. The second-order valence-corrected chi connectivity index (χ2v) is 3.28. The maximum absolute atomic E-state index is 9.05. The molecule has 0 unspecified atom stereocenters. The van der Waals surface area contributed by atoms with E-state index in [1.807, 2.05) is 24.3 Å². The van der Waals surface area contributed by atoms with E-state index in [2.05, 4.69) is 4.98 Å². The normalized spacial score (nSPS) is 10.6. The Bertz CT molecular complexity index is 442. The number of halogens is 1. The second-order valence-electron chi connectivity index (χ2n) is 2.81. The summed E-state index contributed by atoms with van der Waals surface area (Å²) in [5.41, 5.74) is 1.74. The molecule has 0 aliphatic heterocycles. The van der Waals surface area contributed by atoms with Crippen LogP contribution in [0.4, 0.5) is 0 Å². The molecule has 0 radical (unpaired) electrons. The first-order chi connectivity index (χ1) is 6.31. The Hall–Kier alpha value is -1.12. The quantitative estimate of drug-likeness (QED) is 0.745. The summed E-state index contributed by atoms with van der Waals surface area (Å²) in [5, 5.41) is 10.8. The molecule has 0 aliphatic carbocycles. The number of fused-ring (bicyclic) bond motifs is 1. The van der Waals surface area contributed by atoms with Crippen LogP contribution in [0, 0.1) is 11.6 Å². The van der Waals surface area contributed by atoms with Crippen molar-refractivity contribution < 1.29 is 16.7 Å². The molecule has 2 rings (SSSR count). The molecule has 13 heavy (non-hydrogen) atoms. The highest BCUT2D eigenvalue weighted by atomic mass is 35.5. The first-order valence-corrected chi connectivity index (χ1v) is 4.37. The van der Waals surface area contributed by atoms with Crippen LogP contribution in [0.1, 0.15) is 5.56 Å². The molecule has 1 aromatic heterocycles. The summed E-state index contributed by atoms with van der Waals surface area (Å²) in [4.78, 5) is 4.17. The Morgan fingerprint density at radius 1 is 1.31 bits per heavy atom. The SMILES string of the molecule is OCc1ccnc2cc([ClH+])ccc12. The van der Waals surface area contributed by atoms with Gasteiger partial charge in [0.05, 0.1) is 12.1 Å². The lowest BCUT2D eigenvalue weighted by atomic mass is 10.1. The molecule has 0 saturated heterocycles. The van der Waals surface area contributed by atoms with Crippen LogP contribution in [-0.4, -0.2) is 10.1 Å². The minimum Gasteiger partial charge on any atom is -0.392 e. The standard InChI is InChI=1S/C10H9ClNO/c11-8-1-2-9-7(6-13)3-4-12-10(9)5-8/h1-5,11,13H,6H2/q+1. The number of hydrogen-bond acceptors (Lipinski definition) is 2. The van der Waals surface area contributed by atoms with Gasteiger partial charge in [-0.2, -0.15) is 0 Å². The van der Waals surface area contributed by atoms with E-state index in [0.29, 0.717) is 0 Å². The zero-order valence-electron chi connectivity index (χ0n) is 6.90. The van der Waals surface area contributed by atoms with Crippen molar-refractivity contribution in [1.82, 2.24) is 4.98 Å². The van der Waals surface area contributed by atoms with E-state index in [9.17, 15) is 0 Å². The zero-order chi connectivity index (χ0) is 9.26. The number of aromatic nitrogens is 1. The Morgan fingerprint density at radius 3 is 2.92 bits per heavy atom. The van der Waals surface area contributed by atoms with Crippen molar-refractivity contribution in [3.8, 4) is 0 Å². The van der Waals surface area contributed by atoms with Gasteiger partial charge in [0.1, 0.15) is 0 Å². The van der Waals surface area contributed by atoms with Crippen molar-refractivity contribution in [2.45, 2.75) is 6.61 Å². The van der Waals surface area contributed by atoms with E-state index in [1.54, 1.807) is 6.20 Å². The molecule has 0 atom stereocenters. The molecular weight excluding hydrogens is 186 g/mol. The fraction of sp³-hybridized carbons (Fsp3) is 0.100. The van der Waals surface area contributed by atoms with Crippen LogP contribution in [0.25, 0.3) is 10.9 Å². The fourth-order valence-electron chi connectivity index (χ4n) is 1.33. The number of rotatable bonds is 1. The zero-order valence-corrected chi connectivity index (χ0v) is 7.71. The molecule has 0 aliphatic rings. The number of pyridine rings is 1. The number of benzene rings is 1. The van der Waals surface area contributed by atoms with Crippen LogP contribution in [0.3, 0.4) is 0 Å². The van der Waals surface area contributed by atoms with Crippen LogP contribution in [0.15, 0.2) is 30.5 Å². The number of aliphatic hydroxyl groups excluding tert-OH is 1. The first-order valence-electron chi connectivity index (χ1n) is 3.97. The van der Waals surface area contributed by atoms with Crippen molar-refractivity contribution in [1.29, 1.82) is 0 Å². The first kappa shape index (κ1) is 8.48. The Labute approximate surface area is 80.8 Å².